The van der Waals surface area contributed by atoms with Gasteiger partial charge in [-0.25, -0.2) is 12.0 Å². The van der Waals surface area contributed by atoms with Crippen LogP contribution in [0, 0.1) is 7.14 Å². The first-order valence-corrected chi connectivity index (χ1v) is 13.4. The Hall–Kier alpha value is -0.610. The molecule has 0 unspecified atom stereocenters. The SMILES string of the molecule is CCCCCCCCSOS(=O)(=O)[O-].c1ccc([I+]c2ccccc2)cc1. The minimum Gasteiger partial charge on any atom is -0.725 e. The van der Waals surface area contributed by atoms with Crippen molar-refractivity contribution in [2.75, 3.05) is 5.75 Å². The summed E-state index contributed by atoms with van der Waals surface area (Å²) in [7, 11) is -4.51. The van der Waals surface area contributed by atoms with Gasteiger partial charge in [0.15, 0.2) is 7.14 Å². The van der Waals surface area contributed by atoms with Crippen molar-refractivity contribution in [3.05, 3.63) is 67.8 Å². The second-order valence-electron chi connectivity index (χ2n) is 5.75. The van der Waals surface area contributed by atoms with E-state index in [1.165, 1.54) is 32.8 Å². The summed E-state index contributed by atoms with van der Waals surface area (Å²) in [6.45, 7) is 2.16. The standard InChI is InChI=1S/C12H10I.C8H18O4S2/c1-3-7-11(8-4-1)13-12-9-5-2-6-10-12;1-2-3-4-5-6-7-8-13-12-14(9,10)11/h1-10H;2-8H2,1H3,(H,9,10,11)/q+1;/p-1. The number of rotatable bonds is 11. The van der Waals surface area contributed by atoms with Crippen molar-refractivity contribution in [2.45, 2.75) is 45.4 Å². The van der Waals surface area contributed by atoms with E-state index < -0.39 is 10.4 Å². The van der Waals surface area contributed by atoms with Gasteiger partial charge in [0.25, 0.3) is 0 Å². The molecular weight excluding hydrogens is 495 g/mol. The molecule has 2 rings (SSSR count). The monoisotopic (exact) mass is 522 g/mol. The average Bonchev–Trinajstić information content (AvgIpc) is 2.65. The van der Waals surface area contributed by atoms with Crippen molar-refractivity contribution in [1.29, 1.82) is 0 Å². The third kappa shape index (κ3) is 15.0. The summed E-state index contributed by atoms with van der Waals surface area (Å²) in [4.78, 5) is 0. The largest absolute Gasteiger partial charge is 0.725 e. The molecule has 2 aromatic carbocycles. The van der Waals surface area contributed by atoms with Crippen LogP contribution in [0.25, 0.3) is 0 Å². The summed E-state index contributed by atoms with van der Waals surface area (Å²) < 4.78 is 37.0. The molecule has 0 aliphatic carbocycles. The first-order valence-electron chi connectivity index (χ1n) is 9.03. The van der Waals surface area contributed by atoms with Crippen LogP contribution in [-0.4, -0.2) is 18.7 Å². The third-order valence-electron chi connectivity index (χ3n) is 3.40. The Labute approximate surface area is 178 Å². The van der Waals surface area contributed by atoms with Crippen LogP contribution in [0.4, 0.5) is 0 Å². The molecule has 4 nitrogen and oxygen atoms in total. The van der Waals surface area contributed by atoms with Crippen LogP contribution in [0.5, 0.6) is 0 Å². The summed E-state index contributed by atoms with van der Waals surface area (Å²) in [6, 6.07) is 21.4. The Balaban J connectivity index is 0.000000270. The quantitative estimate of drug-likeness (QED) is 0.149. The third-order valence-corrected chi connectivity index (χ3v) is 7.59. The van der Waals surface area contributed by atoms with Crippen molar-refractivity contribution in [2.24, 2.45) is 0 Å². The lowest BCUT2D eigenvalue weighted by Gasteiger charge is -2.05. The molecule has 0 atom stereocenters. The Kier molecular flexibility index (Phi) is 13.9. The molecule has 0 aromatic heterocycles. The van der Waals surface area contributed by atoms with E-state index in [0.717, 1.165) is 24.9 Å². The van der Waals surface area contributed by atoms with E-state index in [1.54, 1.807) is 0 Å². The minimum atomic E-state index is -4.51. The number of hydrogen-bond donors (Lipinski definition) is 0. The summed E-state index contributed by atoms with van der Waals surface area (Å²) in [5.41, 5.74) is 0. The zero-order chi connectivity index (χ0) is 19.8. The van der Waals surface area contributed by atoms with E-state index in [9.17, 15) is 13.0 Å². The molecule has 0 saturated carbocycles. The minimum absolute atomic E-state index is 0.0287. The van der Waals surface area contributed by atoms with Crippen LogP contribution >= 0.6 is 12.0 Å². The van der Waals surface area contributed by atoms with E-state index in [1.807, 2.05) is 0 Å². The highest BCUT2D eigenvalue weighted by molar-refractivity contribution is 8.02. The van der Waals surface area contributed by atoms with Gasteiger partial charge in [-0.2, -0.15) is 0 Å². The molecule has 0 fully saturated rings. The lowest BCUT2D eigenvalue weighted by atomic mass is 10.1. The van der Waals surface area contributed by atoms with E-state index in [2.05, 4.69) is 71.2 Å². The van der Waals surface area contributed by atoms with Gasteiger partial charge in [0.2, 0.25) is 10.4 Å². The van der Waals surface area contributed by atoms with E-state index in [0.29, 0.717) is 5.75 Å². The molecule has 7 heteroatoms. The van der Waals surface area contributed by atoms with Crippen LogP contribution in [0.1, 0.15) is 45.4 Å². The van der Waals surface area contributed by atoms with Gasteiger partial charge in [-0.05, 0) is 30.7 Å². The van der Waals surface area contributed by atoms with E-state index in [-0.39, 0.29) is 21.2 Å². The molecule has 0 N–H and O–H groups in total. The smallest absolute Gasteiger partial charge is 0.357 e. The zero-order valence-corrected chi connectivity index (χ0v) is 19.3. The van der Waals surface area contributed by atoms with Gasteiger partial charge < -0.3 is 4.55 Å². The summed E-state index contributed by atoms with van der Waals surface area (Å²) in [6.07, 6.45) is 6.81. The van der Waals surface area contributed by atoms with Gasteiger partial charge >= 0.3 is 21.2 Å². The predicted molar refractivity (Wildman–Crippen MR) is 107 cm³/mol. The highest BCUT2D eigenvalue weighted by atomic mass is 127. The maximum absolute atomic E-state index is 10.0. The molecule has 150 valence electrons. The Morgan fingerprint density at radius 3 is 1.81 bits per heavy atom. The molecule has 0 bridgehead atoms. The lowest BCUT2D eigenvalue weighted by molar-refractivity contribution is -0.597. The van der Waals surface area contributed by atoms with Gasteiger partial charge in [0.1, 0.15) is 0 Å². The Bertz CT molecular complexity index is 657. The van der Waals surface area contributed by atoms with Crippen LogP contribution in [0.3, 0.4) is 0 Å². The molecule has 0 saturated heterocycles. The second-order valence-corrected chi connectivity index (χ2v) is 10.8. The maximum atomic E-state index is 10.0. The Morgan fingerprint density at radius 1 is 0.852 bits per heavy atom. The van der Waals surface area contributed by atoms with Crippen molar-refractivity contribution in [3.8, 4) is 0 Å². The highest BCUT2D eigenvalue weighted by Gasteiger charge is 2.12. The van der Waals surface area contributed by atoms with Gasteiger partial charge in [-0.1, -0.05) is 75.4 Å². The molecule has 0 spiro atoms. The van der Waals surface area contributed by atoms with Crippen molar-refractivity contribution in [3.63, 3.8) is 0 Å². The number of hydrogen-bond acceptors (Lipinski definition) is 5. The van der Waals surface area contributed by atoms with Gasteiger partial charge in [-0.15, -0.1) is 0 Å². The van der Waals surface area contributed by atoms with Crippen LogP contribution in [0.15, 0.2) is 60.7 Å². The summed E-state index contributed by atoms with van der Waals surface area (Å²) in [5, 5.41) is 0. The number of unbranched alkanes of at least 4 members (excludes halogenated alkanes) is 5. The zero-order valence-electron chi connectivity index (χ0n) is 15.6. The average molecular weight is 522 g/mol. The van der Waals surface area contributed by atoms with E-state index in [4.69, 9.17) is 0 Å². The van der Waals surface area contributed by atoms with Gasteiger partial charge in [-0.3, -0.25) is 0 Å². The second kappa shape index (κ2) is 15.3. The fourth-order valence-corrected chi connectivity index (χ4v) is 5.45. The number of halogens is 1. The van der Waals surface area contributed by atoms with Crippen LogP contribution in [0.2, 0.25) is 0 Å². The molecule has 2 aromatic rings. The number of benzene rings is 2. The van der Waals surface area contributed by atoms with Crippen molar-refractivity contribution >= 4 is 22.4 Å². The molecule has 0 aliphatic rings. The fourth-order valence-electron chi connectivity index (χ4n) is 2.12. The topological polar surface area (TPSA) is 66.4 Å². The molecule has 0 aliphatic heterocycles. The van der Waals surface area contributed by atoms with Crippen molar-refractivity contribution in [1.82, 2.24) is 0 Å². The fraction of sp³-hybridized carbons (Fsp3) is 0.400. The normalized spacial score (nSPS) is 10.9. The van der Waals surface area contributed by atoms with E-state index >= 15 is 0 Å². The molecule has 27 heavy (non-hydrogen) atoms. The molecule has 0 amide bonds. The highest BCUT2D eigenvalue weighted by Crippen LogP contribution is 2.12. The van der Waals surface area contributed by atoms with Crippen LogP contribution < -0.4 is 21.2 Å². The van der Waals surface area contributed by atoms with Gasteiger partial charge in [0.05, 0.1) is 0 Å². The van der Waals surface area contributed by atoms with Crippen molar-refractivity contribution < 1.29 is 37.8 Å². The molecule has 0 heterocycles. The maximum Gasteiger partial charge on any atom is 0.357 e. The first kappa shape index (κ1) is 24.4. The first-order chi connectivity index (χ1) is 13.0. The van der Waals surface area contributed by atoms with Gasteiger partial charge in [0, 0.05) is 17.8 Å². The predicted octanol–water partition coefficient (Wildman–Crippen LogP) is 2.29. The Morgan fingerprint density at radius 2 is 1.33 bits per heavy atom. The summed E-state index contributed by atoms with van der Waals surface area (Å²) >= 11 is 0.752. The lowest BCUT2D eigenvalue weighted by Crippen LogP contribution is -3.61. The molecular formula is C20H27IO4S2. The van der Waals surface area contributed by atoms with Crippen LogP contribution in [-0.2, 0) is 14.0 Å². The summed E-state index contributed by atoms with van der Waals surface area (Å²) in [5.74, 6) is 0.563. The molecule has 0 radical (unpaired) electrons.